The molecule has 9 heteroatoms. The first kappa shape index (κ1) is 17.3. The smallest absolute Gasteiger partial charge is 0.466 e. The van der Waals surface area contributed by atoms with Gasteiger partial charge in [0.15, 0.2) is 5.75 Å². The number of esters is 1. The molecule has 4 nitrogen and oxygen atoms in total. The van der Waals surface area contributed by atoms with E-state index in [-0.39, 0.29) is 28.2 Å². The number of nitrogens with zero attached hydrogens (tertiary/aromatic N) is 1. The van der Waals surface area contributed by atoms with Crippen molar-refractivity contribution in [2.24, 2.45) is 0 Å². The fourth-order valence-electron chi connectivity index (χ4n) is 1.43. The summed E-state index contributed by atoms with van der Waals surface area (Å²) in [6.07, 6.45) is -3.93. The van der Waals surface area contributed by atoms with Crippen LogP contribution in [-0.2, 0) is 21.8 Å². The molecule has 1 heterocycles. The Morgan fingerprint density at radius 1 is 1.50 bits per heavy atom. The summed E-state index contributed by atoms with van der Waals surface area (Å²) < 4.78 is 45.9. The Labute approximate surface area is 131 Å². The number of carbonyl (C=O) groups excluding carboxylic acids is 1. The maximum atomic E-state index is 12.4. The van der Waals surface area contributed by atoms with Crippen LogP contribution in [0.15, 0.2) is 6.20 Å². The molecule has 0 aromatic carbocycles. The van der Waals surface area contributed by atoms with Gasteiger partial charge in [-0.1, -0.05) is 0 Å². The maximum Gasteiger partial charge on any atom is 0.573 e. The third-order valence-electron chi connectivity index (χ3n) is 2.17. The van der Waals surface area contributed by atoms with E-state index < -0.39 is 18.1 Å². The summed E-state index contributed by atoms with van der Waals surface area (Å²) in [5.41, 5.74) is 0.328. The zero-order chi connectivity index (χ0) is 15.3. The lowest BCUT2D eigenvalue weighted by atomic mass is 10.1. The van der Waals surface area contributed by atoms with Crippen molar-refractivity contribution in [3.8, 4) is 5.75 Å². The Morgan fingerprint density at radius 2 is 2.15 bits per heavy atom. The van der Waals surface area contributed by atoms with Crippen molar-refractivity contribution in [2.75, 3.05) is 6.61 Å². The van der Waals surface area contributed by atoms with Crippen molar-refractivity contribution >= 4 is 40.2 Å². The largest absolute Gasteiger partial charge is 0.573 e. The molecule has 20 heavy (non-hydrogen) atoms. The second-order valence-corrected chi connectivity index (χ2v) is 4.83. The Balaban J connectivity index is 3.21. The fourth-order valence-corrected chi connectivity index (χ4v) is 2.23. The molecule has 0 bridgehead atoms. The topological polar surface area (TPSA) is 48.4 Å². The van der Waals surface area contributed by atoms with Crippen LogP contribution in [0.4, 0.5) is 13.2 Å². The molecule has 0 aliphatic rings. The third-order valence-corrected chi connectivity index (χ3v) is 3.23. The number of hydrogen-bond donors (Lipinski definition) is 0. The number of aromatic nitrogens is 1. The monoisotopic (exact) mass is 423 g/mol. The fraction of sp³-hybridized carbons (Fsp3) is 0.455. The molecule has 0 aliphatic heterocycles. The molecule has 1 aromatic rings. The standard InChI is InChI=1S/C11H10ClF3INO3/c1-2-19-8(18)3-7-6(4-12)5-17-10(16)9(7)20-11(13,14)15/h5H,2-4H2,1H3. The Kier molecular flexibility index (Phi) is 6.31. The average molecular weight is 424 g/mol. The summed E-state index contributed by atoms with van der Waals surface area (Å²) in [5, 5.41) is 0. The quantitative estimate of drug-likeness (QED) is 0.315. The van der Waals surface area contributed by atoms with E-state index in [0.717, 1.165) is 0 Å². The predicted octanol–water partition coefficient (Wildman–Crippen LogP) is 3.43. The van der Waals surface area contributed by atoms with E-state index in [4.69, 9.17) is 16.3 Å². The molecule has 112 valence electrons. The summed E-state index contributed by atoms with van der Waals surface area (Å²) >= 11 is 7.25. The summed E-state index contributed by atoms with van der Waals surface area (Å²) in [4.78, 5) is 15.3. The lowest BCUT2D eigenvalue weighted by Gasteiger charge is -2.16. The van der Waals surface area contributed by atoms with Crippen molar-refractivity contribution < 1.29 is 27.4 Å². The highest BCUT2D eigenvalue weighted by Crippen LogP contribution is 2.33. The van der Waals surface area contributed by atoms with Crippen LogP contribution in [0, 0.1) is 3.70 Å². The van der Waals surface area contributed by atoms with Gasteiger partial charge in [-0.25, -0.2) is 4.98 Å². The molecular weight excluding hydrogens is 413 g/mol. The van der Waals surface area contributed by atoms with Crippen molar-refractivity contribution in [1.29, 1.82) is 0 Å². The SMILES string of the molecule is CCOC(=O)Cc1c(CCl)cnc(I)c1OC(F)(F)F. The highest BCUT2D eigenvalue weighted by molar-refractivity contribution is 14.1. The van der Waals surface area contributed by atoms with Gasteiger partial charge in [-0.05, 0) is 35.1 Å². The highest BCUT2D eigenvalue weighted by atomic mass is 127. The number of ether oxygens (including phenoxy) is 2. The van der Waals surface area contributed by atoms with Gasteiger partial charge in [0.2, 0.25) is 0 Å². The number of rotatable bonds is 5. The lowest BCUT2D eigenvalue weighted by Crippen LogP contribution is -2.21. The Hall–Kier alpha value is -0.770. The molecule has 0 fully saturated rings. The van der Waals surface area contributed by atoms with Gasteiger partial charge in [0.1, 0.15) is 3.70 Å². The summed E-state index contributed by atoms with van der Waals surface area (Å²) in [6.45, 7) is 1.73. The van der Waals surface area contributed by atoms with E-state index >= 15 is 0 Å². The van der Waals surface area contributed by atoms with E-state index in [1.54, 1.807) is 29.5 Å². The number of alkyl halides is 4. The predicted molar refractivity (Wildman–Crippen MR) is 73.5 cm³/mol. The maximum absolute atomic E-state index is 12.4. The molecule has 0 spiro atoms. The van der Waals surface area contributed by atoms with Crippen LogP contribution in [-0.4, -0.2) is 23.9 Å². The minimum Gasteiger partial charge on any atom is -0.466 e. The minimum atomic E-state index is -4.88. The second kappa shape index (κ2) is 7.30. The zero-order valence-corrected chi connectivity index (χ0v) is 13.2. The van der Waals surface area contributed by atoms with E-state index in [2.05, 4.69) is 9.72 Å². The van der Waals surface area contributed by atoms with Gasteiger partial charge in [-0.15, -0.1) is 24.8 Å². The first-order valence-electron chi connectivity index (χ1n) is 5.42. The van der Waals surface area contributed by atoms with Crippen LogP contribution in [0.2, 0.25) is 0 Å². The molecule has 0 N–H and O–H groups in total. The average Bonchev–Trinajstić information content (AvgIpc) is 2.33. The number of carbonyl (C=O) groups is 1. The molecule has 0 atom stereocenters. The van der Waals surface area contributed by atoms with Gasteiger partial charge in [-0.3, -0.25) is 4.79 Å². The molecule has 0 amide bonds. The number of hydrogen-bond acceptors (Lipinski definition) is 4. The Bertz CT molecular complexity index is 497. The number of halogens is 5. The van der Waals surface area contributed by atoms with Crippen molar-refractivity contribution in [3.63, 3.8) is 0 Å². The summed E-state index contributed by atoms with van der Waals surface area (Å²) in [6, 6.07) is 0. The van der Waals surface area contributed by atoms with Gasteiger partial charge in [0, 0.05) is 17.6 Å². The molecule has 0 radical (unpaired) electrons. The van der Waals surface area contributed by atoms with Crippen LogP contribution < -0.4 is 4.74 Å². The van der Waals surface area contributed by atoms with Gasteiger partial charge in [0.25, 0.3) is 0 Å². The normalized spacial score (nSPS) is 11.3. The molecular formula is C11H10ClF3INO3. The van der Waals surface area contributed by atoms with Crippen LogP contribution in [0.3, 0.4) is 0 Å². The van der Waals surface area contributed by atoms with E-state index in [0.29, 0.717) is 5.56 Å². The second-order valence-electron chi connectivity index (χ2n) is 3.55. The number of pyridine rings is 1. The third kappa shape index (κ3) is 4.97. The molecule has 0 aliphatic carbocycles. The first-order valence-corrected chi connectivity index (χ1v) is 7.03. The van der Waals surface area contributed by atoms with Crippen LogP contribution in [0.25, 0.3) is 0 Å². The van der Waals surface area contributed by atoms with Gasteiger partial charge in [-0.2, -0.15) is 0 Å². The van der Waals surface area contributed by atoms with Crippen molar-refractivity contribution in [2.45, 2.75) is 25.6 Å². The molecule has 1 aromatic heterocycles. The van der Waals surface area contributed by atoms with Gasteiger partial charge >= 0.3 is 12.3 Å². The minimum absolute atomic E-state index is 0.00640. The molecule has 0 saturated heterocycles. The van der Waals surface area contributed by atoms with E-state index in [1.165, 1.54) is 6.20 Å². The van der Waals surface area contributed by atoms with Crippen molar-refractivity contribution in [3.05, 3.63) is 21.0 Å². The van der Waals surface area contributed by atoms with Gasteiger partial charge in [0.05, 0.1) is 13.0 Å². The first-order chi connectivity index (χ1) is 9.28. The van der Waals surface area contributed by atoms with Gasteiger partial charge < -0.3 is 9.47 Å². The lowest BCUT2D eigenvalue weighted by molar-refractivity contribution is -0.275. The van der Waals surface area contributed by atoms with Crippen LogP contribution in [0.5, 0.6) is 5.75 Å². The Morgan fingerprint density at radius 3 is 2.65 bits per heavy atom. The van der Waals surface area contributed by atoms with Crippen LogP contribution >= 0.6 is 34.2 Å². The summed E-state index contributed by atoms with van der Waals surface area (Å²) in [7, 11) is 0. The molecule has 0 saturated carbocycles. The highest BCUT2D eigenvalue weighted by Gasteiger charge is 2.34. The van der Waals surface area contributed by atoms with Crippen molar-refractivity contribution in [1.82, 2.24) is 4.98 Å². The van der Waals surface area contributed by atoms with E-state index in [9.17, 15) is 18.0 Å². The van der Waals surface area contributed by atoms with E-state index in [1.807, 2.05) is 0 Å². The zero-order valence-electron chi connectivity index (χ0n) is 10.3. The summed E-state index contributed by atoms with van der Waals surface area (Å²) in [5.74, 6) is -1.26. The molecule has 1 rings (SSSR count). The van der Waals surface area contributed by atoms with Crippen LogP contribution in [0.1, 0.15) is 18.1 Å². The molecule has 0 unspecified atom stereocenters.